The van der Waals surface area contributed by atoms with Gasteiger partial charge in [0.2, 0.25) is 0 Å². The Hall–Kier alpha value is -1.81. The number of rotatable bonds is 2. The Morgan fingerprint density at radius 1 is 1.39 bits per heavy atom. The molecule has 1 aliphatic rings. The maximum Gasteiger partial charge on any atom is 0.0743 e. The van der Waals surface area contributed by atoms with Crippen LogP contribution in [0.2, 0.25) is 0 Å². The monoisotopic (exact) mass is 243 g/mol. The van der Waals surface area contributed by atoms with E-state index in [1.807, 2.05) is 24.4 Å². The van der Waals surface area contributed by atoms with Crippen molar-refractivity contribution in [3.05, 3.63) is 30.5 Å². The molecule has 1 atom stereocenters. The smallest absolute Gasteiger partial charge is 0.0743 e. The third-order valence-electron chi connectivity index (χ3n) is 3.58. The fourth-order valence-corrected chi connectivity index (χ4v) is 2.48. The molecule has 0 saturated carbocycles. The largest absolute Gasteiger partial charge is 0.399 e. The van der Waals surface area contributed by atoms with E-state index in [1.54, 1.807) is 0 Å². The molecular formula is C14H17N3O. The van der Waals surface area contributed by atoms with Gasteiger partial charge in [-0.15, -0.1) is 0 Å². The molecule has 2 heterocycles. The molecule has 1 fully saturated rings. The van der Waals surface area contributed by atoms with Crippen molar-refractivity contribution in [3.63, 3.8) is 0 Å². The lowest BCUT2D eigenvalue weighted by atomic mass is 10.1. The first-order chi connectivity index (χ1) is 8.75. The van der Waals surface area contributed by atoms with Gasteiger partial charge < -0.3 is 15.4 Å². The summed E-state index contributed by atoms with van der Waals surface area (Å²) in [7, 11) is 2.12. The van der Waals surface area contributed by atoms with E-state index < -0.39 is 0 Å². The number of nitrogens with zero attached hydrogens (tertiary/aromatic N) is 2. The van der Waals surface area contributed by atoms with Gasteiger partial charge in [0, 0.05) is 36.6 Å². The van der Waals surface area contributed by atoms with Crippen LogP contribution >= 0.6 is 0 Å². The number of hydrogen-bond acceptors (Lipinski definition) is 4. The van der Waals surface area contributed by atoms with Crippen LogP contribution in [0.25, 0.3) is 10.9 Å². The molecular weight excluding hydrogens is 226 g/mol. The van der Waals surface area contributed by atoms with Crippen LogP contribution in [-0.2, 0) is 4.74 Å². The number of likely N-dealkylation sites (N-methyl/N-ethyl adjacent to an activating group) is 1. The maximum absolute atomic E-state index is 5.80. The fraction of sp³-hybridized carbons (Fsp3) is 0.357. The number of pyridine rings is 1. The van der Waals surface area contributed by atoms with E-state index >= 15 is 0 Å². The van der Waals surface area contributed by atoms with Gasteiger partial charge in [-0.3, -0.25) is 4.98 Å². The van der Waals surface area contributed by atoms with Crippen LogP contribution in [0.4, 0.5) is 11.4 Å². The molecule has 1 aliphatic heterocycles. The average molecular weight is 243 g/mol. The highest BCUT2D eigenvalue weighted by molar-refractivity contribution is 5.93. The normalized spacial score (nSPS) is 19.3. The molecule has 4 nitrogen and oxygen atoms in total. The number of nitrogens with two attached hydrogens (primary N) is 1. The Kier molecular flexibility index (Phi) is 2.80. The van der Waals surface area contributed by atoms with Crippen molar-refractivity contribution in [2.45, 2.75) is 12.5 Å². The number of ether oxygens (including phenoxy) is 1. The van der Waals surface area contributed by atoms with Crippen LogP contribution in [-0.4, -0.2) is 31.3 Å². The van der Waals surface area contributed by atoms with E-state index in [0.717, 1.165) is 36.2 Å². The lowest BCUT2D eigenvalue weighted by molar-refractivity contribution is 0.193. The summed E-state index contributed by atoms with van der Waals surface area (Å²) in [5.41, 5.74) is 8.68. The van der Waals surface area contributed by atoms with Crippen LogP contribution in [0.5, 0.6) is 0 Å². The molecule has 0 spiro atoms. The first-order valence-corrected chi connectivity index (χ1v) is 6.20. The second-order valence-corrected chi connectivity index (χ2v) is 4.73. The molecule has 0 aliphatic carbocycles. The summed E-state index contributed by atoms with van der Waals surface area (Å²) in [6.45, 7) is 1.65. The molecule has 4 heteroatoms. The van der Waals surface area contributed by atoms with Crippen LogP contribution in [0.3, 0.4) is 0 Å². The van der Waals surface area contributed by atoms with E-state index in [0.29, 0.717) is 6.04 Å². The van der Waals surface area contributed by atoms with Gasteiger partial charge in [-0.05, 0) is 30.7 Å². The van der Waals surface area contributed by atoms with Crippen molar-refractivity contribution in [1.29, 1.82) is 0 Å². The minimum Gasteiger partial charge on any atom is -0.399 e. The highest BCUT2D eigenvalue weighted by Crippen LogP contribution is 2.28. The topological polar surface area (TPSA) is 51.4 Å². The van der Waals surface area contributed by atoms with Crippen LogP contribution in [0, 0.1) is 0 Å². The molecule has 1 aromatic heterocycles. The van der Waals surface area contributed by atoms with Gasteiger partial charge in [0.05, 0.1) is 18.2 Å². The first kappa shape index (κ1) is 11.3. The van der Waals surface area contributed by atoms with Gasteiger partial charge in [0.25, 0.3) is 0 Å². The Bertz CT molecular complexity index is 564. The van der Waals surface area contributed by atoms with E-state index in [9.17, 15) is 0 Å². The Balaban J connectivity index is 2.05. The Morgan fingerprint density at radius 2 is 2.28 bits per heavy atom. The molecule has 0 amide bonds. The molecule has 0 radical (unpaired) electrons. The van der Waals surface area contributed by atoms with Gasteiger partial charge in [0.15, 0.2) is 0 Å². The van der Waals surface area contributed by atoms with Gasteiger partial charge in [-0.25, -0.2) is 0 Å². The third-order valence-corrected chi connectivity index (χ3v) is 3.58. The molecule has 94 valence electrons. The summed E-state index contributed by atoms with van der Waals surface area (Å²) >= 11 is 0. The fourth-order valence-electron chi connectivity index (χ4n) is 2.48. The summed E-state index contributed by atoms with van der Waals surface area (Å²) in [5, 5.41) is 1.14. The van der Waals surface area contributed by atoms with Gasteiger partial charge in [-0.2, -0.15) is 0 Å². The zero-order chi connectivity index (χ0) is 12.5. The predicted molar refractivity (Wildman–Crippen MR) is 73.8 cm³/mol. The van der Waals surface area contributed by atoms with Crippen LogP contribution in [0.1, 0.15) is 6.42 Å². The van der Waals surface area contributed by atoms with Gasteiger partial charge in [0.1, 0.15) is 0 Å². The number of anilines is 2. The highest BCUT2D eigenvalue weighted by Gasteiger charge is 2.21. The van der Waals surface area contributed by atoms with Gasteiger partial charge >= 0.3 is 0 Å². The van der Waals surface area contributed by atoms with E-state index in [1.165, 1.54) is 5.69 Å². The number of benzene rings is 1. The zero-order valence-corrected chi connectivity index (χ0v) is 10.5. The SMILES string of the molecule is CN(c1ccnc2cc(N)ccc12)C1CCOC1. The number of nitrogen functional groups attached to an aromatic ring is 1. The summed E-state index contributed by atoms with van der Waals surface area (Å²) in [6.07, 6.45) is 2.92. The molecule has 2 aromatic rings. The summed E-state index contributed by atoms with van der Waals surface area (Å²) in [4.78, 5) is 6.66. The molecule has 2 N–H and O–H groups in total. The van der Waals surface area contributed by atoms with E-state index in [2.05, 4.69) is 23.0 Å². The minimum atomic E-state index is 0.452. The lowest BCUT2D eigenvalue weighted by Crippen LogP contribution is -2.31. The second-order valence-electron chi connectivity index (χ2n) is 4.73. The van der Waals surface area contributed by atoms with Crippen LogP contribution in [0.15, 0.2) is 30.5 Å². The van der Waals surface area contributed by atoms with Gasteiger partial charge in [-0.1, -0.05) is 0 Å². The quantitative estimate of drug-likeness (QED) is 0.820. The number of aromatic nitrogens is 1. The predicted octanol–water partition coefficient (Wildman–Crippen LogP) is 2.04. The van der Waals surface area contributed by atoms with E-state index in [-0.39, 0.29) is 0 Å². The zero-order valence-electron chi connectivity index (χ0n) is 10.5. The van der Waals surface area contributed by atoms with Crippen molar-refractivity contribution in [1.82, 2.24) is 4.98 Å². The highest BCUT2D eigenvalue weighted by atomic mass is 16.5. The molecule has 18 heavy (non-hydrogen) atoms. The number of hydrogen-bond donors (Lipinski definition) is 1. The van der Waals surface area contributed by atoms with Crippen molar-refractivity contribution in [2.24, 2.45) is 0 Å². The van der Waals surface area contributed by atoms with Crippen molar-refractivity contribution in [2.75, 3.05) is 30.9 Å². The number of fused-ring (bicyclic) bond motifs is 1. The summed E-state index contributed by atoms with van der Waals surface area (Å²) in [5.74, 6) is 0. The van der Waals surface area contributed by atoms with Crippen molar-refractivity contribution in [3.8, 4) is 0 Å². The maximum atomic E-state index is 5.80. The first-order valence-electron chi connectivity index (χ1n) is 6.20. The minimum absolute atomic E-state index is 0.452. The molecule has 1 saturated heterocycles. The Morgan fingerprint density at radius 3 is 3.06 bits per heavy atom. The lowest BCUT2D eigenvalue weighted by Gasteiger charge is -2.26. The van der Waals surface area contributed by atoms with Crippen LogP contribution < -0.4 is 10.6 Å². The van der Waals surface area contributed by atoms with Crippen molar-refractivity contribution < 1.29 is 4.74 Å². The molecule has 1 aromatic carbocycles. The second kappa shape index (κ2) is 4.46. The Labute approximate surface area is 106 Å². The summed E-state index contributed by atoms with van der Waals surface area (Å²) < 4.78 is 5.45. The van der Waals surface area contributed by atoms with E-state index in [4.69, 9.17) is 10.5 Å². The third kappa shape index (κ3) is 1.88. The summed E-state index contributed by atoms with van der Waals surface area (Å²) in [6, 6.07) is 8.38. The standard InChI is InChI=1S/C14H17N3O/c1-17(11-5-7-18-9-11)14-4-6-16-13-8-10(15)2-3-12(13)14/h2-4,6,8,11H,5,7,9,15H2,1H3. The average Bonchev–Trinajstić information content (AvgIpc) is 2.90. The molecule has 3 rings (SSSR count). The van der Waals surface area contributed by atoms with Crippen molar-refractivity contribution >= 4 is 22.3 Å². The molecule has 1 unspecified atom stereocenters. The molecule has 0 bridgehead atoms.